The maximum Gasteiger partial charge on any atom is 0.333 e. The molecule has 0 aliphatic heterocycles. The van der Waals surface area contributed by atoms with E-state index in [2.05, 4.69) is 4.98 Å². The number of aromatic nitrogens is 2. The van der Waals surface area contributed by atoms with Crippen LogP contribution in [-0.2, 0) is 0 Å². The molecule has 0 spiro atoms. The molecule has 0 saturated carbocycles. The Kier molecular flexibility index (Phi) is 3.18. The SMILES string of the molecule is Cc1cccc(-n2c(=O)[nH]c3c(Cl)cccc3c2=O)c1C. The van der Waals surface area contributed by atoms with Gasteiger partial charge in [0, 0.05) is 0 Å². The topological polar surface area (TPSA) is 54.9 Å². The van der Waals surface area contributed by atoms with E-state index in [-0.39, 0.29) is 5.56 Å². The highest BCUT2D eigenvalue weighted by Gasteiger charge is 2.13. The van der Waals surface area contributed by atoms with Gasteiger partial charge in [-0.3, -0.25) is 4.79 Å². The Bertz CT molecular complexity index is 970. The number of rotatable bonds is 1. The average Bonchev–Trinajstić information content (AvgIpc) is 2.45. The number of fused-ring (bicyclic) bond motifs is 1. The molecule has 2 aromatic carbocycles. The number of H-pyrrole nitrogens is 1. The second kappa shape index (κ2) is 4.90. The van der Waals surface area contributed by atoms with Crippen molar-refractivity contribution in [2.75, 3.05) is 0 Å². The van der Waals surface area contributed by atoms with Crippen LogP contribution in [0.4, 0.5) is 0 Å². The van der Waals surface area contributed by atoms with Crippen molar-refractivity contribution in [2.24, 2.45) is 0 Å². The van der Waals surface area contributed by atoms with Crippen LogP contribution in [0.15, 0.2) is 46.0 Å². The molecule has 3 aromatic rings. The highest BCUT2D eigenvalue weighted by molar-refractivity contribution is 6.34. The largest absolute Gasteiger partial charge is 0.333 e. The summed E-state index contributed by atoms with van der Waals surface area (Å²) in [5.74, 6) is 0. The number of benzene rings is 2. The summed E-state index contributed by atoms with van der Waals surface area (Å²) >= 11 is 6.04. The van der Waals surface area contributed by atoms with Gasteiger partial charge in [0.2, 0.25) is 0 Å². The summed E-state index contributed by atoms with van der Waals surface area (Å²) in [6.07, 6.45) is 0. The standard InChI is InChI=1S/C16H13ClN2O2/c1-9-5-3-8-13(10(9)2)19-15(20)11-6-4-7-12(17)14(11)18-16(19)21/h3-8H,1-2H3,(H,18,21). The fraction of sp³-hybridized carbons (Fsp3) is 0.125. The van der Waals surface area contributed by atoms with Crippen molar-refractivity contribution in [1.29, 1.82) is 0 Å². The van der Waals surface area contributed by atoms with Crippen LogP contribution in [0.1, 0.15) is 11.1 Å². The number of nitrogens with zero attached hydrogens (tertiary/aromatic N) is 1. The van der Waals surface area contributed by atoms with E-state index in [1.54, 1.807) is 24.3 Å². The minimum atomic E-state index is -0.491. The van der Waals surface area contributed by atoms with E-state index >= 15 is 0 Å². The van der Waals surface area contributed by atoms with Gasteiger partial charge in [-0.2, -0.15) is 0 Å². The van der Waals surface area contributed by atoms with Gasteiger partial charge in [0.15, 0.2) is 0 Å². The molecule has 0 unspecified atom stereocenters. The van der Waals surface area contributed by atoms with Crippen LogP contribution in [0.5, 0.6) is 0 Å². The van der Waals surface area contributed by atoms with Gasteiger partial charge in [-0.1, -0.05) is 29.8 Å². The van der Waals surface area contributed by atoms with Gasteiger partial charge < -0.3 is 4.98 Å². The fourth-order valence-corrected chi connectivity index (χ4v) is 2.62. The Hall–Kier alpha value is -2.33. The van der Waals surface area contributed by atoms with Crippen molar-refractivity contribution in [2.45, 2.75) is 13.8 Å². The van der Waals surface area contributed by atoms with Crippen molar-refractivity contribution in [3.63, 3.8) is 0 Å². The summed E-state index contributed by atoms with van der Waals surface area (Å²) < 4.78 is 1.15. The molecule has 1 N–H and O–H groups in total. The lowest BCUT2D eigenvalue weighted by Crippen LogP contribution is -2.34. The molecule has 0 radical (unpaired) electrons. The highest BCUT2D eigenvalue weighted by atomic mass is 35.5. The zero-order valence-electron chi connectivity index (χ0n) is 11.6. The highest BCUT2D eigenvalue weighted by Crippen LogP contribution is 2.19. The van der Waals surface area contributed by atoms with Crippen molar-refractivity contribution >= 4 is 22.5 Å². The zero-order valence-corrected chi connectivity index (χ0v) is 12.4. The third-order valence-corrected chi connectivity index (χ3v) is 4.01. The molecule has 0 bridgehead atoms. The minimum absolute atomic E-state index is 0.356. The lowest BCUT2D eigenvalue weighted by Gasteiger charge is -2.11. The number of hydrogen-bond donors (Lipinski definition) is 1. The van der Waals surface area contributed by atoms with Gasteiger partial charge in [-0.05, 0) is 43.2 Å². The molecule has 1 heterocycles. The molecule has 0 saturated heterocycles. The number of hydrogen-bond acceptors (Lipinski definition) is 2. The van der Waals surface area contributed by atoms with E-state index in [0.717, 1.165) is 15.7 Å². The number of nitrogens with one attached hydrogen (secondary N) is 1. The van der Waals surface area contributed by atoms with E-state index in [0.29, 0.717) is 21.6 Å². The zero-order chi connectivity index (χ0) is 15.1. The van der Waals surface area contributed by atoms with E-state index < -0.39 is 5.69 Å². The Morgan fingerprint density at radius 3 is 2.52 bits per heavy atom. The summed E-state index contributed by atoms with van der Waals surface area (Å²) in [7, 11) is 0. The first kappa shape index (κ1) is 13.6. The molecular weight excluding hydrogens is 288 g/mol. The summed E-state index contributed by atoms with van der Waals surface area (Å²) in [5, 5.41) is 0.748. The summed E-state index contributed by atoms with van der Waals surface area (Å²) in [5.41, 5.74) is 2.01. The number of para-hydroxylation sites is 1. The second-order valence-electron chi connectivity index (χ2n) is 4.95. The molecular formula is C16H13ClN2O2. The summed E-state index contributed by atoms with van der Waals surface area (Å²) in [6, 6.07) is 10.5. The normalized spacial score (nSPS) is 11.0. The van der Waals surface area contributed by atoms with Crippen LogP contribution >= 0.6 is 11.6 Å². The lowest BCUT2D eigenvalue weighted by atomic mass is 10.1. The Labute approximate surface area is 125 Å². The molecule has 0 atom stereocenters. The summed E-state index contributed by atoms with van der Waals surface area (Å²) in [4.78, 5) is 27.7. The molecule has 4 nitrogen and oxygen atoms in total. The molecule has 5 heteroatoms. The third kappa shape index (κ3) is 2.08. The third-order valence-electron chi connectivity index (χ3n) is 3.70. The average molecular weight is 301 g/mol. The molecule has 0 fully saturated rings. The molecule has 0 aliphatic carbocycles. The van der Waals surface area contributed by atoms with Gasteiger partial charge in [-0.25, -0.2) is 9.36 Å². The van der Waals surface area contributed by atoms with Crippen LogP contribution in [-0.4, -0.2) is 9.55 Å². The summed E-state index contributed by atoms with van der Waals surface area (Å²) in [6.45, 7) is 3.83. The first-order valence-electron chi connectivity index (χ1n) is 6.51. The van der Waals surface area contributed by atoms with E-state index in [1.165, 1.54) is 0 Å². The van der Waals surface area contributed by atoms with Crippen molar-refractivity contribution in [3.8, 4) is 5.69 Å². The Balaban J connectivity index is 2.48. The van der Waals surface area contributed by atoms with Gasteiger partial charge in [0.05, 0.1) is 21.6 Å². The first-order valence-corrected chi connectivity index (χ1v) is 6.88. The fourth-order valence-electron chi connectivity index (χ4n) is 2.40. The smallest absolute Gasteiger partial charge is 0.305 e. The van der Waals surface area contributed by atoms with Gasteiger partial charge >= 0.3 is 5.69 Å². The van der Waals surface area contributed by atoms with Crippen LogP contribution in [0, 0.1) is 13.8 Å². The quantitative estimate of drug-likeness (QED) is 0.751. The maximum absolute atomic E-state index is 12.6. The van der Waals surface area contributed by atoms with Crippen molar-refractivity contribution in [1.82, 2.24) is 9.55 Å². The Morgan fingerprint density at radius 2 is 1.76 bits per heavy atom. The van der Waals surface area contributed by atoms with Gasteiger partial charge in [0.25, 0.3) is 5.56 Å². The van der Waals surface area contributed by atoms with Gasteiger partial charge in [-0.15, -0.1) is 0 Å². The van der Waals surface area contributed by atoms with Crippen molar-refractivity contribution in [3.05, 3.63) is 73.4 Å². The number of aryl methyl sites for hydroxylation is 1. The van der Waals surface area contributed by atoms with E-state index in [9.17, 15) is 9.59 Å². The van der Waals surface area contributed by atoms with Crippen LogP contribution in [0.3, 0.4) is 0 Å². The molecule has 0 aliphatic rings. The maximum atomic E-state index is 12.6. The molecule has 1 aromatic heterocycles. The predicted molar refractivity (Wildman–Crippen MR) is 84.6 cm³/mol. The second-order valence-corrected chi connectivity index (χ2v) is 5.36. The molecule has 3 rings (SSSR count). The van der Waals surface area contributed by atoms with Crippen LogP contribution in [0.2, 0.25) is 5.02 Å². The first-order chi connectivity index (χ1) is 10.0. The number of aromatic amines is 1. The molecule has 21 heavy (non-hydrogen) atoms. The monoisotopic (exact) mass is 300 g/mol. The number of halogens is 1. The predicted octanol–water partition coefficient (Wildman–Crippen LogP) is 2.95. The molecule has 0 amide bonds. The van der Waals surface area contributed by atoms with Crippen molar-refractivity contribution < 1.29 is 0 Å². The minimum Gasteiger partial charge on any atom is -0.305 e. The van der Waals surface area contributed by atoms with Crippen LogP contribution < -0.4 is 11.2 Å². The van der Waals surface area contributed by atoms with E-state index in [1.807, 2.05) is 26.0 Å². The van der Waals surface area contributed by atoms with E-state index in [4.69, 9.17) is 11.6 Å². The Morgan fingerprint density at radius 1 is 1.05 bits per heavy atom. The van der Waals surface area contributed by atoms with Gasteiger partial charge in [0.1, 0.15) is 0 Å². The van der Waals surface area contributed by atoms with Crippen LogP contribution in [0.25, 0.3) is 16.6 Å². The lowest BCUT2D eigenvalue weighted by molar-refractivity contribution is 0.891. The molecule has 106 valence electrons.